The Morgan fingerprint density at radius 1 is 1.03 bits per heavy atom. The van der Waals surface area contributed by atoms with Crippen molar-refractivity contribution in [1.82, 2.24) is 4.42 Å². The molecule has 0 bridgehead atoms. The van der Waals surface area contributed by atoms with Crippen LogP contribution in [0, 0.1) is 5.82 Å². The maximum atomic E-state index is 13.1. The van der Waals surface area contributed by atoms with E-state index in [2.05, 4.69) is 10.1 Å². The second kappa shape index (κ2) is 11.9. The average molecular weight is 556 g/mol. The molecule has 12 heteroatoms. The molecule has 0 saturated heterocycles. The van der Waals surface area contributed by atoms with E-state index < -0.39 is 23.6 Å². The number of rotatable bonds is 7. The maximum absolute atomic E-state index is 13.1. The van der Waals surface area contributed by atoms with Crippen LogP contribution in [0.1, 0.15) is 22.8 Å². The molecule has 36 heavy (non-hydrogen) atoms. The Bertz CT molecular complexity index is 1280. The smallest absolute Gasteiger partial charge is 0.397 e. The van der Waals surface area contributed by atoms with E-state index in [9.17, 15) is 23.9 Å². The van der Waals surface area contributed by atoms with Crippen molar-refractivity contribution in [3.05, 3.63) is 81.6 Å². The molecule has 0 spiro atoms. The van der Waals surface area contributed by atoms with Gasteiger partial charge in [0.05, 0.1) is 28.8 Å². The summed E-state index contributed by atoms with van der Waals surface area (Å²) in [6.45, 7) is 1.54. The van der Waals surface area contributed by atoms with Gasteiger partial charge < -0.3 is 19.9 Å². The molecule has 8 nitrogen and oxygen atoms in total. The molecule has 3 rings (SSSR count). The molecule has 0 unspecified atom stereocenters. The first-order valence-corrected chi connectivity index (χ1v) is 11.4. The Morgan fingerprint density at radius 2 is 1.67 bits per heavy atom. The minimum atomic E-state index is -1.07. The minimum absolute atomic E-state index is 0.00871. The number of halogens is 4. The lowest BCUT2D eigenvalue weighted by Gasteiger charge is -2.16. The number of phenols is 1. The number of hydrogen-bond donors (Lipinski definition) is 2. The number of carbonyl (C=O) groups excluding carboxylic acids is 3. The highest BCUT2D eigenvalue weighted by atomic mass is 35.5. The van der Waals surface area contributed by atoms with Crippen LogP contribution >= 0.6 is 35.0 Å². The second-order valence-corrected chi connectivity index (χ2v) is 8.40. The summed E-state index contributed by atoms with van der Waals surface area (Å²) in [5.74, 6) is -3.52. The molecular formula is C24H18Cl3FN2O6. The molecule has 0 aromatic heterocycles. The van der Waals surface area contributed by atoms with Gasteiger partial charge in [0.15, 0.2) is 5.75 Å². The van der Waals surface area contributed by atoms with Crippen molar-refractivity contribution in [2.24, 2.45) is 0 Å². The van der Waals surface area contributed by atoms with Gasteiger partial charge in [0, 0.05) is 17.5 Å². The van der Waals surface area contributed by atoms with Gasteiger partial charge in [-0.3, -0.25) is 9.59 Å². The predicted molar refractivity (Wildman–Crippen MR) is 132 cm³/mol. The zero-order valence-corrected chi connectivity index (χ0v) is 20.8. The van der Waals surface area contributed by atoms with Crippen molar-refractivity contribution in [3.63, 3.8) is 0 Å². The number of ether oxygens (including phenoxy) is 2. The highest BCUT2D eigenvalue weighted by Crippen LogP contribution is 2.39. The topological polar surface area (TPSA) is 105 Å². The van der Waals surface area contributed by atoms with Crippen LogP contribution in [-0.4, -0.2) is 33.9 Å². The van der Waals surface area contributed by atoms with E-state index >= 15 is 0 Å². The summed E-state index contributed by atoms with van der Waals surface area (Å²) in [5, 5.41) is 12.5. The number of nitrogens with zero attached hydrogens (tertiary/aromatic N) is 1. The summed E-state index contributed by atoms with van der Waals surface area (Å²) in [7, 11) is 0. The fourth-order valence-corrected chi connectivity index (χ4v) is 3.72. The molecule has 3 aromatic rings. The van der Waals surface area contributed by atoms with Crippen LogP contribution < -0.4 is 10.1 Å². The van der Waals surface area contributed by atoms with Crippen LogP contribution in [0.4, 0.5) is 10.1 Å². The standard InChI is InChI=1S/C24H18Cl3FN2O6/c1-2-35-24(34)22(32)29-15-9-18(25)21(19(26)10-15)36-16-7-8-20(31)17(11-16)23(33)30(27)12-13-3-5-14(28)6-4-13/h3-11,31H,2,12H2,1H3,(H,29,32). The minimum Gasteiger partial charge on any atom is -0.507 e. The van der Waals surface area contributed by atoms with Gasteiger partial charge in [0.1, 0.15) is 17.3 Å². The fourth-order valence-electron chi connectivity index (χ4n) is 2.93. The molecule has 3 aromatic carbocycles. The Kier molecular flexibility index (Phi) is 8.98. The number of nitrogens with one attached hydrogen (secondary N) is 1. The van der Waals surface area contributed by atoms with Crippen molar-refractivity contribution in [1.29, 1.82) is 0 Å². The zero-order chi connectivity index (χ0) is 26.4. The first-order valence-electron chi connectivity index (χ1n) is 10.3. The quantitative estimate of drug-likeness (QED) is 0.213. The van der Waals surface area contributed by atoms with E-state index in [0.29, 0.717) is 5.56 Å². The Labute approximate surface area is 220 Å². The van der Waals surface area contributed by atoms with Gasteiger partial charge in [-0.25, -0.2) is 13.6 Å². The lowest BCUT2D eigenvalue weighted by Crippen LogP contribution is -2.24. The number of aromatic hydroxyl groups is 1. The monoisotopic (exact) mass is 554 g/mol. The van der Waals surface area contributed by atoms with E-state index in [4.69, 9.17) is 39.7 Å². The summed E-state index contributed by atoms with van der Waals surface area (Å²) < 4.78 is 24.3. The van der Waals surface area contributed by atoms with Crippen LogP contribution in [0.15, 0.2) is 54.6 Å². The molecule has 0 saturated carbocycles. The largest absolute Gasteiger partial charge is 0.507 e. The second-order valence-electron chi connectivity index (χ2n) is 7.18. The molecule has 0 heterocycles. The van der Waals surface area contributed by atoms with Gasteiger partial charge >= 0.3 is 11.9 Å². The van der Waals surface area contributed by atoms with Gasteiger partial charge in [0.2, 0.25) is 0 Å². The zero-order valence-electron chi connectivity index (χ0n) is 18.6. The van der Waals surface area contributed by atoms with Crippen LogP contribution in [0.3, 0.4) is 0 Å². The van der Waals surface area contributed by atoms with E-state index in [-0.39, 0.29) is 51.7 Å². The molecule has 0 fully saturated rings. The lowest BCUT2D eigenvalue weighted by molar-refractivity contribution is -0.152. The average Bonchev–Trinajstić information content (AvgIpc) is 2.83. The molecule has 2 N–H and O–H groups in total. The summed E-state index contributed by atoms with van der Waals surface area (Å²) >= 11 is 18.6. The van der Waals surface area contributed by atoms with Crippen molar-refractivity contribution in [3.8, 4) is 17.2 Å². The number of carbonyl (C=O) groups is 3. The van der Waals surface area contributed by atoms with Crippen molar-refractivity contribution >= 4 is 58.4 Å². The van der Waals surface area contributed by atoms with Gasteiger partial charge in [-0.1, -0.05) is 35.3 Å². The van der Waals surface area contributed by atoms with E-state index in [1.54, 1.807) is 6.92 Å². The van der Waals surface area contributed by atoms with Crippen LogP contribution in [0.2, 0.25) is 10.0 Å². The fraction of sp³-hybridized carbons (Fsp3) is 0.125. The van der Waals surface area contributed by atoms with E-state index in [1.807, 2.05) is 0 Å². The third-order valence-corrected chi connectivity index (χ3v) is 5.42. The van der Waals surface area contributed by atoms with Gasteiger partial charge in [-0.2, -0.15) is 0 Å². The number of hydrogen-bond acceptors (Lipinski definition) is 6. The summed E-state index contributed by atoms with van der Waals surface area (Å²) in [6, 6.07) is 11.8. The molecule has 188 valence electrons. The van der Waals surface area contributed by atoms with Gasteiger partial charge in [-0.05, 0) is 55.0 Å². The van der Waals surface area contributed by atoms with E-state index in [1.165, 1.54) is 54.6 Å². The lowest BCUT2D eigenvalue weighted by atomic mass is 10.1. The molecule has 0 aliphatic heterocycles. The summed E-state index contributed by atoms with van der Waals surface area (Å²) in [4.78, 5) is 36.1. The van der Waals surface area contributed by atoms with Crippen molar-refractivity contribution < 1.29 is 33.4 Å². The van der Waals surface area contributed by atoms with Crippen LogP contribution in [0.5, 0.6) is 17.2 Å². The third kappa shape index (κ3) is 6.78. The van der Waals surface area contributed by atoms with E-state index in [0.717, 1.165) is 4.42 Å². The number of anilines is 1. The molecule has 0 aliphatic rings. The van der Waals surface area contributed by atoms with Crippen LogP contribution in [-0.2, 0) is 20.9 Å². The number of benzene rings is 3. The molecular weight excluding hydrogens is 538 g/mol. The Balaban J connectivity index is 1.77. The van der Waals surface area contributed by atoms with Gasteiger partial charge in [-0.15, -0.1) is 0 Å². The first-order chi connectivity index (χ1) is 17.1. The Morgan fingerprint density at radius 3 is 2.28 bits per heavy atom. The normalized spacial score (nSPS) is 10.5. The van der Waals surface area contributed by atoms with Crippen LogP contribution in [0.25, 0.3) is 0 Å². The molecule has 2 amide bonds. The highest BCUT2D eigenvalue weighted by Gasteiger charge is 2.21. The number of amides is 2. The van der Waals surface area contributed by atoms with Gasteiger partial charge in [0.25, 0.3) is 5.91 Å². The molecule has 0 radical (unpaired) electrons. The molecule has 0 atom stereocenters. The molecule has 0 aliphatic carbocycles. The predicted octanol–water partition coefficient (Wildman–Crippen LogP) is 5.93. The summed E-state index contributed by atoms with van der Waals surface area (Å²) in [5.41, 5.74) is 0.520. The number of phenolic OH excluding ortho intramolecular Hbond substituents is 1. The first kappa shape index (κ1) is 27.1. The summed E-state index contributed by atoms with van der Waals surface area (Å²) in [6.07, 6.45) is 0. The Hall–Kier alpha value is -3.53. The highest BCUT2D eigenvalue weighted by molar-refractivity contribution is 6.39. The SMILES string of the molecule is CCOC(=O)C(=O)Nc1cc(Cl)c(Oc2ccc(O)c(C(=O)N(Cl)Cc3ccc(F)cc3)c2)c(Cl)c1. The van der Waals surface area contributed by atoms with Crippen molar-refractivity contribution in [2.75, 3.05) is 11.9 Å². The third-order valence-electron chi connectivity index (χ3n) is 4.59. The van der Waals surface area contributed by atoms with Crippen molar-refractivity contribution in [2.45, 2.75) is 13.5 Å². The number of esters is 1. The maximum Gasteiger partial charge on any atom is 0.397 e.